The van der Waals surface area contributed by atoms with Crippen molar-refractivity contribution in [2.45, 2.75) is 13.8 Å². The molecule has 1 aromatic rings. The average Bonchev–Trinajstić information content (AvgIpc) is 2.15. The Morgan fingerprint density at radius 1 is 1.15 bits per heavy atom. The van der Waals surface area contributed by atoms with Crippen LogP contribution in [0.3, 0.4) is 0 Å². The molecule has 0 spiro atoms. The van der Waals surface area contributed by atoms with Gasteiger partial charge in [-0.15, -0.1) is 0 Å². The fourth-order valence-electron chi connectivity index (χ4n) is 0.906. The highest BCUT2D eigenvalue weighted by atomic mass is 16.3. The standard InChI is InChI=1S/C12H14O/c1-10(2)12(13)9-8-11-6-4-3-5-7-11/h3-9,13H,1-2H3/b9-8-. The van der Waals surface area contributed by atoms with Crippen molar-refractivity contribution in [1.29, 1.82) is 0 Å². The van der Waals surface area contributed by atoms with Gasteiger partial charge < -0.3 is 5.11 Å². The molecule has 1 N–H and O–H groups in total. The fraction of sp³-hybridized carbons (Fsp3) is 0.167. The van der Waals surface area contributed by atoms with Gasteiger partial charge in [0, 0.05) is 0 Å². The molecule has 0 fully saturated rings. The Labute approximate surface area is 79.0 Å². The molecular weight excluding hydrogens is 160 g/mol. The maximum atomic E-state index is 9.38. The van der Waals surface area contributed by atoms with Crippen LogP contribution in [0.1, 0.15) is 19.4 Å². The van der Waals surface area contributed by atoms with Crippen molar-refractivity contribution in [3.63, 3.8) is 0 Å². The summed E-state index contributed by atoms with van der Waals surface area (Å²) < 4.78 is 0. The minimum absolute atomic E-state index is 0.337. The van der Waals surface area contributed by atoms with Crippen LogP contribution >= 0.6 is 0 Å². The lowest BCUT2D eigenvalue weighted by Gasteiger charge is -1.94. The second-order valence-corrected chi connectivity index (χ2v) is 3.13. The highest BCUT2D eigenvalue weighted by Gasteiger charge is 1.88. The first-order chi connectivity index (χ1) is 6.20. The minimum atomic E-state index is 0.337. The van der Waals surface area contributed by atoms with Crippen LogP contribution in [-0.2, 0) is 0 Å². The Hall–Kier alpha value is -1.50. The molecular formula is C12H14O. The van der Waals surface area contributed by atoms with Crippen molar-refractivity contribution in [3.05, 3.63) is 53.3 Å². The second kappa shape index (κ2) is 4.51. The quantitative estimate of drug-likeness (QED) is 0.537. The van der Waals surface area contributed by atoms with E-state index in [-0.39, 0.29) is 0 Å². The largest absolute Gasteiger partial charge is 0.508 e. The number of hydrogen-bond acceptors (Lipinski definition) is 1. The summed E-state index contributed by atoms with van der Waals surface area (Å²) in [5.74, 6) is 0.337. The van der Waals surface area contributed by atoms with E-state index in [4.69, 9.17) is 0 Å². The molecule has 1 rings (SSSR count). The van der Waals surface area contributed by atoms with Gasteiger partial charge in [-0.2, -0.15) is 0 Å². The fourth-order valence-corrected chi connectivity index (χ4v) is 0.906. The Balaban J connectivity index is 2.76. The number of rotatable bonds is 2. The van der Waals surface area contributed by atoms with Crippen LogP contribution in [0.5, 0.6) is 0 Å². The van der Waals surface area contributed by atoms with Crippen LogP contribution in [0, 0.1) is 0 Å². The molecule has 68 valence electrons. The van der Waals surface area contributed by atoms with Gasteiger partial charge in [0.25, 0.3) is 0 Å². The summed E-state index contributed by atoms with van der Waals surface area (Å²) in [5, 5.41) is 9.38. The van der Waals surface area contributed by atoms with Gasteiger partial charge in [-0.3, -0.25) is 0 Å². The van der Waals surface area contributed by atoms with E-state index in [1.54, 1.807) is 6.08 Å². The van der Waals surface area contributed by atoms with E-state index in [9.17, 15) is 5.11 Å². The van der Waals surface area contributed by atoms with E-state index in [0.717, 1.165) is 11.1 Å². The molecule has 0 amide bonds. The minimum Gasteiger partial charge on any atom is -0.508 e. The molecule has 0 aromatic heterocycles. The Morgan fingerprint density at radius 2 is 1.77 bits per heavy atom. The lowest BCUT2D eigenvalue weighted by molar-refractivity contribution is 0.426. The third-order valence-corrected chi connectivity index (χ3v) is 1.75. The zero-order chi connectivity index (χ0) is 9.68. The molecule has 0 radical (unpaired) electrons. The van der Waals surface area contributed by atoms with E-state index in [1.165, 1.54) is 0 Å². The molecule has 1 nitrogen and oxygen atoms in total. The first-order valence-electron chi connectivity index (χ1n) is 4.29. The highest BCUT2D eigenvalue weighted by molar-refractivity contribution is 5.51. The van der Waals surface area contributed by atoms with Gasteiger partial charge in [0.05, 0.1) is 0 Å². The second-order valence-electron chi connectivity index (χ2n) is 3.13. The van der Waals surface area contributed by atoms with Crippen molar-refractivity contribution in [3.8, 4) is 0 Å². The maximum Gasteiger partial charge on any atom is 0.114 e. The van der Waals surface area contributed by atoms with Gasteiger partial charge in [-0.1, -0.05) is 36.4 Å². The molecule has 0 heterocycles. The smallest absolute Gasteiger partial charge is 0.114 e. The molecule has 0 saturated carbocycles. The molecule has 0 bridgehead atoms. The molecule has 0 aliphatic carbocycles. The lowest BCUT2D eigenvalue weighted by atomic mass is 10.2. The maximum absolute atomic E-state index is 9.38. The summed E-state index contributed by atoms with van der Waals surface area (Å²) in [6.45, 7) is 3.76. The van der Waals surface area contributed by atoms with Crippen LogP contribution in [0.15, 0.2) is 47.7 Å². The zero-order valence-corrected chi connectivity index (χ0v) is 7.99. The summed E-state index contributed by atoms with van der Waals surface area (Å²) in [6.07, 6.45) is 3.60. The number of aliphatic hydroxyl groups excluding tert-OH is 1. The monoisotopic (exact) mass is 174 g/mol. The van der Waals surface area contributed by atoms with Gasteiger partial charge in [-0.25, -0.2) is 0 Å². The molecule has 13 heavy (non-hydrogen) atoms. The first-order valence-corrected chi connectivity index (χ1v) is 4.29. The molecule has 1 aromatic carbocycles. The van der Waals surface area contributed by atoms with Gasteiger partial charge in [0.1, 0.15) is 5.76 Å². The third-order valence-electron chi connectivity index (χ3n) is 1.75. The van der Waals surface area contributed by atoms with Crippen LogP contribution < -0.4 is 0 Å². The van der Waals surface area contributed by atoms with Crippen LogP contribution in [0.4, 0.5) is 0 Å². The van der Waals surface area contributed by atoms with E-state index in [1.807, 2.05) is 50.3 Å². The third kappa shape index (κ3) is 3.16. The molecule has 0 aliphatic heterocycles. The van der Waals surface area contributed by atoms with E-state index in [0.29, 0.717) is 5.76 Å². The van der Waals surface area contributed by atoms with Crippen LogP contribution in [-0.4, -0.2) is 5.11 Å². The number of hydrogen-bond donors (Lipinski definition) is 1. The summed E-state index contributed by atoms with van der Waals surface area (Å²) in [5.41, 5.74) is 2.02. The normalized spacial score (nSPS) is 10.3. The zero-order valence-electron chi connectivity index (χ0n) is 7.99. The number of allylic oxidation sites excluding steroid dienone is 2. The molecule has 1 heteroatoms. The predicted octanol–water partition coefficient (Wildman–Crippen LogP) is 3.55. The Morgan fingerprint density at radius 3 is 2.31 bits per heavy atom. The highest BCUT2D eigenvalue weighted by Crippen LogP contribution is 2.05. The van der Waals surface area contributed by atoms with Crippen molar-refractivity contribution in [1.82, 2.24) is 0 Å². The predicted molar refractivity (Wildman–Crippen MR) is 56.5 cm³/mol. The van der Waals surface area contributed by atoms with Gasteiger partial charge >= 0.3 is 0 Å². The Kier molecular flexibility index (Phi) is 3.32. The van der Waals surface area contributed by atoms with E-state index >= 15 is 0 Å². The Bertz CT molecular complexity index is 316. The molecule has 0 atom stereocenters. The summed E-state index contributed by atoms with van der Waals surface area (Å²) in [7, 11) is 0. The van der Waals surface area contributed by atoms with E-state index in [2.05, 4.69) is 0 Å². The summed E-state index contributed by atoms with van der Waals surface area (Å²) >= 11 is 0. The van der Waals surface area contributed by atoms with Crippen molar-refractivity contribution >= 4 is 6.08 Å². The van der Waals surface area contributed by atoms with Crippen molar-refractivity contribution in [2.75, 3.05) is 0 Å². The van der Waals surface area contributed by atoms with Gasteiger partial charge in [0.2, 0.25) is 0 Å². The van der Waals surface area contributed by atoms with Crippen molar-refractivity contribution in [2.24, 2.45) is 0 Å². The molecule has 0 unspecified atom stereocenters. The SMILES string of the molecule is CC(C)=C(O)/C=C\c1ccccc1. The van der Waals surface area contributed by atoms with Gasteiger partial charge in [-0.05, 0) is 31.1 Å². The molecule has 0 aliphatic rings. The molecule has 0 saturated heterocycles. The topological polar surface area (TPSA) is 20.2 Å². The average molecular weight is 174 g/mol. The summed E-state index contributed by atoms with van der Waals surface area (Å²) in [4.78, 5) is 0. The van der Waals surface area contributed by atoms with Crippen LogP contribution in [0.2, 0.25) is 0 Å². The van der Waals surface area contributed by atoms with E-state index < -0.39 is 0 Å². The summed E-state index contributed by atoms with van der Waals surface area (Å²) in [6, 6.07) is 9.90. The van der Waals surface area contributed by atoms with Gasteiger partial charge in [0.15, 0.2) is 0 Å². The lowest BCUT2D eigenvalue weighted by Crippen LogP contribution is -1.78. The van der Waals surface area contributed by atoms with Crippen LogP contribution in [0.25, 0.3) is 6.08 Å². The van der Waals surface area contributed by atoms with Crippen molar-refractivity contribution < 1.29 is 5.11 Å². The number of aliphatic hydroxyl groups is 1. The number of benzene rings is 1. The first kappa shape index (κ1) is 9.59.